The Morgan fingerprint density at radius 1 is 0.347 bits per heavy atom. The zero-order chi connectivity index (χ0) is 32.1. The van der Waals surface area contributed by atoms with Crippen LogP contribution in [0.25, 0.3) is 104 Å². The average Bonchev–Trinajstić information content (AvgIpc) is 3.56. The minimum absolute atomic E-state index is 0.993. The summed E-state index contributed by atoms with van der Waals surface area (Å²) < 4.78 is 2.38. The van der Waals surface area contributed by atoms with Gasteiger partial charge >= 0.3 is 0 Å². The molecule has 0 atom stereocenters. The maximum Gasteiger partial charge on any atom is 0.146 e. The third-order valence-corrected chi connectivity index (χ3v) is 10.5. The fourth-order valence-corrected chi connectivity index (χ4v) is 8.37. The highest BCUT2D eigenvalue weighted by Gasteiger charge is 2.20. The highest BCUT2D eigenvalue weighted by Crippen LogP contribution is 2.46. The molecule has 9 aromatic carbocycles. The molecule has 0 aliphatic rings. The lowest BCUT2D eigenvalue weighted by Gasteiger charge is -2.19. The molecule has 0 bridgehead atoms. The van der Waals surface area contributed by atoms with E-state index in [9.17, 15) is 0 Å². The number of benzene rings is 9. The smallest absolute Gasteiger partial charge is 0.146 e. The van der Waals surface area contributed by atoms with Gasteiger partial charge in [-0.25, -0.2) is 4.98 Å². The summed E-state index contributed by atoms with van der Waals surface area (Å²) in [5.41, 5.74) is 9.29. The molecule has 226 valence electrons. The van der Waals surface area contributed by atoms with Crippen molar-refractivity contribution in [1.82, 2.24) is 9.38 Å². The van der Waals surface area contributed by atoms with Gasteiger partial charge in [-0.2, -0.15) is 0 Å². The first-order valence-electron chi connectivity index (χ1n) is 16.9. The Balaban J connectivity index is 1.29. The lowest BCUT2D eigenvalue weighted by atomic mass is 9.84. The van der Waals surface area contributed by atoms with Gasteiger partial charge in [0.2, 0.25) is 0 Å². The lowest BCUT2D eigenvalue weighted by Crippen LogP contribution is -1.94. The number of nitrogens with zero attached hydrogens (tertiary/aromatic N) is 2. The number of imidazole rings is 1. The van der Waals surface area contributed by atoms with Crippen molar-refractivity contribution in [3.05, 3.63) is 170 Å². The van der Waals surface area contributed by atoms with Crippen LogP contribution < -0.4 is 0 Å². The van der Waals surface area contributed by atoms with Crippen LogP contribution in [0.4, 0.5) is 0 Å². The minimum atomic E-state index is 0.993. The van der Waals surface area contributed by atoms with E-state index in [-0.39, 0.29) is 0 Å². The average molecular weight is 621 g/mol. The number of fused-ring (bicyclic) bond motifs is 12. The Labute approximate surface area is 282 Å². The van der Waals surface area contributed by atoms with E-state index in [1.807, 2.05) is 0 Å². The van der Waals surface area contributed by atoms with E-state index in [0.717, 1.165) is 22.2 Å². The predicted molar refractivity (Wildman–Crippen MR) is 209 cm³/mol. The van der Waals surface area contributed by atoms with Crippen molar-refractivity contribution in [3.8, 4) is 22.3 Å². The molecular formula is C47H28N2. The largest absolute Gasteiger partial charge is 0.292 e. The van der Waals surface area contributed by atoms with Crippen molar-refractivity contribution in [2.45, 2.75) is 0 Å². The van der Waals surface area contributed by atoms with Crippen molar-refractivity contribution < 1.29 is 0 Å². The number of aromatic nitrogens is 2. The Bertz CT molecular complexity index is 3100. The van der Waals surface area contributed by atoms with Crippen molar-refractivity contribution in [3.63, 3.8) is 0 Å². The van der Waals surface area contributed by atoms with Crippen LogP contribution in [0.1, 0.15) is 0 Å². The molecule has 0 spiro atoms. The van der Waals surface area contributed by atoms with Crippen LogP contribution in [-0.2, 0) is 0 Å². The van der Waals surface area contributed by atoms with E-state index in [2.05, 4.69) is 174 Å². The summed E-state index contributed by atoms with van der Waals surface area (Å²) >= 11 is 0. The van der Waals surface area contributed by atoms with Crippen LogP contribution in [0.2, 0.25) is 0 Å². The van der Waals surface area contributed by atoms with E-state index in [1.54, 1.807) is 0 Å². The van der Waals surface area contributed by atoms with E-state index >= 15 is 0 Å². The molecule has 2 heterocycles. The van der Waals surface area contributed by atoms with Gasteiger partial charge in [-0.1, -0.05) is 140 Å². The maximum absolute atomic E-state index is 5.24. The molecule has 49 heavy (non-hydrogen) atoms. The van der Waals surface area contributed by atoms with E-state index < -0.39 is 0 Å². The molecule has 0 aliphatic heterocycles. The van der Waals surface area contributed by atoms with Crippen molar-refractivity contribution >= 4 is 81.4 Å². The lowest BCUT2D eigenvalue weighted by molar-refractivity contribution is 1.32. The summed E-state index contributed by atoms with van der Waals surface area (Å²) in [6.45, 7) is 0. The molecule has 0 radical (unpaired) electrons. The molecule has 11 aromatic rings. The second-order valence-electron chi connectivity index (χ2n) is 13.1. The number of hydrogen-bond donors (Lipinski definition) is 0. The molecule has 0 fully saturated rings. The van der Waals surface area contributed by atoms with Crippen LogP contribution in [0.3, 0.4) is 0 Å². The number of pyridine rings is 1. The third-order valence-electron chi connectivity index (χ3n) is 10.5. The standard InChI is InChI=1S/C47H28N2/c1-2-14-31-27-41-40(26-30(31)13-1)34-25-24-32(28-44(34)49-43-23-10-9-22-42(43)48-47(41)49)45-36-17-5-7-19-38(36)46(39-20-8-6-18-37(39)45)35-21-11-15-29-12-3-4-16-33(29)35/h1-28H. The van der Waals surface area contributed by atoms with Gasteiger partial charge in [-0.15, -0.1) is 0 Å². The molecule has 0 N–H and O–H groups in total. The zero-order valence-corrected chi connectivity index (χ0v) is 26.6. The molecular weight excluding hydrogens is 593 g/mol. The van der Waals surface area contributed by atoms with Crippen molar-refractivity contribution in [2.75, 3.05) is 0 Å². The van der Waals surface area contributed by atoms with Gasteiger partial charge in [0, 0.05) is 10.8 Å². The fraction of sp³-hybridized carbons (Fsp3) is 0. The maximum atomic E-state index is 5.24. The van der Waals surface area contributed by atoms with Gasteiger partial charge in [0.1, 0.15) is 5.65 Å². The molecule has 0 saturated heterocycles. The quantitative estimate of drug-likeness (QED) is 0.139. The van der Waals surface area contributed by atoms with Crippen LogP contribution in [0.15, 0.2) is 170 Å². The summed E-state index contributed by atoms with van der Waals surface area (Å²) in [7, 11) is 0. The molecule has 11 rings (SSSR count). The van der Waals surface area contributed by atoms with Gasteiger partial charge in [0.15, 0.2) is 0 Å². The highest BCUT2D eigenvalue weighted by atomic mass is 15.0. The van der Waals surface area contributed by atoms with Crippen LogP contribution in [0.5, 0.6) is 0 Å². The normalized spacial score (nSPS) is 12.1. The number of rotatable bonds is 2. The van der Waals surface area contributed by atoms with Gasteiger partial charge in [0.05, 0.1) is 16.6 Å². The number of hydrogen-bond acceptors (Lipinski definition) is 1. The summed E-state index contributed by atoms with van der Waals surface area (Å²) in [4.78, 5) is 5.24. The molecule has 2 heteroatoms. The first-order chi connectivity index (χ1) is 24.3. The summed E-state index contributed by atoms with van der Waals surface area (Å²) in [6, 6.07) is 62.1. The van der Waals surface area contributed by atoms with Crippen molar-refractivity contribution in [1.29, 1.82) is 0 Å². The summed E-state index contributed by atoms with van der Waals surface area (Å²) in [5.74, 6) is 0. The first kappa shape index (κ1) is 26.5. The highest BCUT2D eigenvalue weighted by molar-refractivity contribution is 6.24. The minimum Gasteiger partial charge on any atom is -0.292 e. The Morgan fingerprint density at radius 3 is 1.65 bits per heavy atom. The van der Waals surface area contributed by atoms with Gasteiger partial charge < -0.3 is 0 Å². The van der Waals surface area contributed by atoms with E-state index in [1.165, 1.54) is 81.5 Å². The summed E-state index contributed by atoms with van der Waals surface area (Å²) in [6.07, 6.45) is 0. The molecule has 2 aromatic heterocycles. The molecule has 0 amide bonds. The monoisotopic (exact) mass is 620 g/mol. The van der Waals surface area contributed by atoms with Gasteiger partial charge in [-0.3, -0.25) is 4.40 Å². The first-order valence-corrected chi connectivity index (χ1v) is 16.9. The topological polar surface area (TPSA) is 17.3 Å². The molecule has 0 aliphatic carbocycles. The third kappa shape index (κ3) is 3.74. The Kier molecular flexibility index (Phi) is 5.42. The van der Waals surface area contributed by atoms with Crippen molar-refractivity contribution in [2.24, 2.45) is 0 Å². The Hall–Kier alpha value is -6.51. The van der Waals surface area contributed by atoms with Gasteiger partial charge in [-0.05, 0) is 101 Å². The van der Waals surface area contributed by atoms with E-state index in [4.69, 9.17) is 4.98 Å². The van der Waals surface area contributed by atoms with Crippen LogP contribution >= 0.6 is 0 Å². The fourth-order valence-electron chi connectivity index (χ4n) is 8.37. The number of para-hydroxylation sites is 2. The van der Waals surface area contributed by atoms with E-state index in [0.29, 0.717) is 0 Å². The van der Waals surface area contributed by atoms with Gasteiger partial charge in [0.25, 0.3) is 0 Å². The molecule has 2 nitrogen and oxygen atoms in total. The SMILES string of the molecule is c1ccc2cc3c(cc2c1)c1ccc(-c2c4ccccc4c(-c4cccc5ccccc45)c4ccccc24)cc1n1c2ccccc2nc31. The predicted octanol–water partition coefficient (Wildman–Crippen LogP) is 12.7. The van der Waals surface area contributed by atoms with Crippen LogP contribution in [0, 0.1) is 0 Å². The molecule has 0 unspecified atom stereocenters. The Morgan fingerprint density at radius 2 is 0.918 bits per heavy atom. The molecule has 0 saturated carbocycles. The second-order valence-corrected chi connectivity index (χ2v) is 13.1. The zero-order valence-electron chi connectivity index (χ0n) is 26.6. The summed E-state index contributed by atoms with van der Waals surface area (Å²) in [5, 5.41) is 13.6. The second kappa shape index (κ2) is 10.00. The van der Waals surface area contributed by atoms with Crippen LogP contribution in [-0.4, -0.2) is 9.38 Å².